The number of rotatable bonds is 3. The molecule has 0 aromatic rings. The van der Waals surface area contributed by atoms with Gasteiger partial charge in [-0.25, -0.2) is 4.79 Å². The van der Waals surface area contributed by atoms with Gasteiger partial charge in [0.05, 0.1) is 13.7 Å². The number of ether oxygens (including phenoxy) is 2. The van der Waals surface area contributed by atoms with Gasteiger partial charge >= 0.3 is 31.7 Å². The molecular weight excluding hydrogens is 255 g/mol. The summed E-state index contributed by atoms with van der Waals surface area (Å²) in [5.41, 5.74) is 0. The van der Waals surface area contributed by atoms with E-state index < -0.39 is 6.16 Å². The van der Waals surface area contributed by atoms with Crippen LogP contribution in [0.15, 0.2) is 0 Å². The second kappa shape index (κ2) is 12.5. The van der Waals surface area contributed by atoms with Gasteiger partial charge in [-0.3, -0.25) is 0 Å². The van der Waals surface area contributed by atoms with Gasteiger partial charge in [0.2, 0.25) is 0 Å². The summed E-state index contributed by atoms with van der Waals surface area (Å²) in [6.45, 7) is 2.49. The molecular formula is C6H12O4Sn. The van der Waals surface area contributed by atoms with Crippen molar-refractivity contribution in [1.82, 2.24) is 0 Å². The summed E-state index contributed by atoms with van der Waals surface area (Å²) in [7, 11) is 1.30. The second-order valence-corrected chi connectivity index (χ2v) is 1.66. The van der Waals surface area contributed by atoms with Gasteiger partial charge in [0, 0.05) is 0 Å². The molecule has 0 atom stereocenters. The van der Waals surface area contributed by atoms with E-state index in [2.05, 4.69) is 9.47 Å². The first-order valence-electron chi connectivity index (χ1n) is 3.22. The Labute approximate surface area is 79.7 Å². The van der Waals surface area contributed by atoms with E-state index in [-0.39, 0.29) is 0 Å². The van der Waals surface area contributed by atoms with Gasteiger partial charge in [-0.05, 0) is 6.42 Å². The summed E-state index contributed by atoms with van der Waals surface area (Å²) in [6.07, 6.45) is 1.33. The van der Waals surface area contributed by atoms with E-state index in [1.807, 2.05) is 6.92 Å². The molecule has 0 N–H and O–H groups in total. The molecule has 64 valence electrons. The van der Waals surface area contributed by atoms with Gasteiger partial charge < -0.3 is 9.47 Å². The van der Waals surface area contributed by atoms with Crippen LogP contribution in [0.2, 0.25) is 0 Å². The fourth-order valence-corrected chi connectivity index (χ4v) is 0.359. The fourth-order valence-electron chi connectivity index (χ4n) is 0.359. The average Bonchev–Trinajstić information content (AvgIpc) is 2.08. The van der Waals surface area contributed by atoms with Crippen LogP contribution in [0.1, 0.15) is 19.8 Å². The Balaban J connectivity index is 0. The van der Waals surface area contributed by atoms with E-state index in [4.69, 9.17) is 3.08 Å². The summed E-state index contributed by atoms with van der Waals surface area (Å²) in [4.78, 5) is 10.2. The van der Waals surface area contributed by atoms with Crippen molar-refractivity contribution in [3.05, 3.63) is 0 Å². The Bertz CT molecular complexity index is 96.6. The molecule has 11 heavy (non-hydrogen) atoms. The average molecular weight is 267 g/mol. The van der Waals surface area contributed by atoms with Gasteiger partial charge in [0.15, 0.2) is 0 Å². The minimum atomic E-state index is -0.594. The van der Waals surface area contributed by atoms with Crippen LogP contribution < -0.4 is 0 Å². The van der Waals surface area contributed by atoms with E-state index in [1.54, 1.807) is 0 Å². The molecule has 0 aliphatic carbocycles. The standard InChI is InChI=1S/C6H12O3.O.Sn/c1-3-4-5-9-6(7)8-2;;/h3-5H2,1-2H3;;. The van der Waals surface area contributed by atoms with E-state index in [1.165, 1.54) is 7.11 Å². The first-order valence-corrected chi connectivity index (χ1v) is 4.39. The van der Waals surface area contributed by atoms with Crippen molar-refractivity contribution in [3.63, 3.8) is 0 Å². The van der Waals surface area contributed by atoms with E-state index in [9.17, 15) is 4.79 Å². The molecule has 0 saturated heterocycles. The van der Waals surface area contributed by atoms with Crippen LogP contribution in [0, 0.1) is 0 Å². The van der Waals surface area contributed by atoms with Gasteiger partial charge in [0.25, 0.3) is 0 Å². The van der Waals surface area contributed by atoms with E-state index in [0.29, 0.717) is 29.1 Å². The van der Waals surface area contributed by atoms with Crippen LogP contribution in [0.4, 0.5) is 4.79 Å². The van der Waals surface area contributed by atoms with Gasteiger partial charge in [-0.2, -0.15) is 0 Å². The SMILES string of the molecule is CCCCOC(=O)OC.[O]=[Sn]. The van der Waals surface area contributed by atoms with Crippen molar-refractivity contribution in [3.8, 4) is 0 Å². The number of hydrogen-bond donors (Lipinski definition) is 0. The molecule has 0 saturated carbocycles. The van der Waals surface area contributed by atoms with E-state index in [0.717, 1.165) is 12.8 Å². The van der Waals surface area contributed by atoms with Gasteiger partial charge in [-0.15, -0.1) is 0 Å². The molecule has 0 spiro atoms. The van der Waals surface area contributed by atoms with Crippen molar-refractivity contribution in [1.29, 1.82) is 0 Å². The van der Waals surface area contributed by atoms with Crippen molar-refractivity contribution in [2.75, 3.05) is 13.7 Å². The molecule has 0 aliphatic heterocycles. The molecule has 0 heterocycles. The van der Waals surface area contributed by atoms with E-state index >= 15 is 0 Å². The van der Waals surface area contributed by atoms with Crippen LogP contribution >= 0.6 is 0 Å². The third kappa shape index (κ3) is 13.0. The number of methoxy groups -OCH3 is 1. The Morgan fingerprint density at radius 1 is 1.45 bits per heavy atom. The molecule has 0 amide bonds. The molecule has 0 rings (SSSR count). The summed E-state index contributed by atoms with van der Waals surface area (Å²) in [6, 6.07) is 0. The maximum absolute atomic E-state index is 10.2. The zero-order valence-corrected chi connectivity index (χ0v) is 9.61. The topological polar surface area (TPSA) is 52.6 Å². The van der Waals surface area contributed by atoms with Crippen LogP contribution in [-0.2, 0) is 12.6 Å². The third-order valence-corrected chi connectivity index (χ3v) is 0.884. The summed E-state index contributed by atoms with van der Waals surface area (Å²) in [5, 5.41) is 0. The molecule has 0 aromatic carbocycles. The molecule has 0 bridgehead atoms. The first kappa shape index (κ1) is 13.5. The number of carbonyl (C=O) groups excluding carboxylic acids is 1. The molecule has 4 nitrogen and oxygen atoms in total. The monoisotopic (exact) mass is 268 g/mol. The van der Waals surface area contributed by atoms with Crippen molar-refractivity contribution in [2.24, 2.45) is 0 Å². The minimum absolute atomic E-state index is 0.300. The summed E-state index contributed by atoms with van der Waals surface area (Å²) < 4.78 is 17.1. The first-order chi connectivity index (χ1) is 5.31. The molecule has 0 fully saturated rings. The zero-order valence-electron chi connectivity index (χ0n) is 6.75. The van der Waals surface area contributed by atoms with Crippen molar-refractivity contribution < 1.29 is 17.3 Å². The normalized spacial score (nSPS) is 7.45. The predicted molar refractivity (Wildman–Crippen MR) is 39.7 cm³/mol. The zero-order chi connectivity index (χ0) is 9.11. The van der Waals surface area contributed by atoms with Crippen molar-refractivity contribution >= 4 is 28.7 Å². The molecule has 5 heteroatoms. The van der Waals surface area contributed by atoms with Crippen LogP contribution in [0.5, 0.6) is 0 Å². The maximum atomic E-state index is 10.2. The Morgan fingerprint density at radius 2 is 2.00 bits per heavy atom. The third-order valence-electron chi connectivity index (χ3n) is 0.884. The van der Waals surface area contributed by atoms with Crippen LogP contribution in [0.3, 0.4) is 0 Å². The Hall–Kier alpha value is -0.131. The quantitative estimate of drug-likeness (QED) is 0.436. The summed E-state index contributed by atoms with van der Waals surface area (Å²) in [5.74, 6) is 0. The van der Waals surface area contributed by atoms with Gasteiger partial charge in [0.1, 0.15) is 0 Å². The predicted octanol–water partition coefficient (Wildman–Crippen LogP) is 1.07. The van der Waals surface area contributed by atoms with Crippen LogP contribution in [-0.4, -0.2) is 42.4 Å². The number of unbranched alkanes of at least 4 members (excludes halogenated alkanes) is 1. The Kier molecular flexibility index (Phi) is 15.3. The number of hydrogen-bond acceptors (Lipinski definition) is 4. The molecule has 2 radical (unpaired) electrons. The molecule has 0 aromatic heterocycles. The molecule has 0 unspecified atom stereocenters. The molecule has 0 aliphatic rings. The van der Waals surface area contributed by atoms with Crippen molar-refractivity contribution in [2.45, 2.75) is 19.8 Å². The fraction of sp³-hybridized carbons (Fsp3) is 0.833. The van der Waals surface area contributed by atoms with Crippen LogP contribution in [0.25, 0.3) is 0 Å². The second-order valence-electron chi connectivity index (χ2n) is 1.66. The Morgan fingerprint density at radius 3 is 2.36 bits per heavy atom. The van der Waals surface area contributed by atoms with Gasteiger partial charge in [-0.1, -0.05) is 13.3 Å². The summed E-state index contributed by atoms with van der Waals surface area (Å²) >= 11 is 0.300. The number of carbonyl (C=O) groups is 1.